The summed E-state index contributed by atoms with van der Waals surface area (Å²) in [5, 5.41) is 10.0. The molecule has 5 heteroatoms. The highest BCUT2D eigenvalue weighted by Crippen LogP contribution is 2.34. The minimum Gasteiger partial charge on any atom is -0.469 e. The lowest BCUT2D eigenvalue weighted by Gasteiger charge is -2.23. The fourth-order valence-electron chi connectivity index (χ4n) is 3.67. The quantitative estimate of drug-likeness (QED) is 0.509. The van der Waals surface area contributed by atoms with E-state index in [-0.39, 0.29) is 24.6 Å². The van der Waals surface area contributed by atoms with E-state index in [0.29, 0.717) is 31.5 Å². The van der Waals surface area contributed by atoms with Crippen LogP contribution in [0.25, 0.3) is 0 Å². The van der Waals surface area contributed by atoms with Crippen molar-refractivity contribution in [3.8, 4) is 0 Å². The minimum absolute atomic E-state index is 0.00217. The van der Waals surface area contributed by atoms with E-state index in [1.165, 1.54) is 12.7 Å². The van der Waals surface area contributed by atoms with Gasteiger partial charge in [0.2, 0.25) is 0 Å². The Hall–Kier alpha value is -1.43. The van der Waals surface area contributed by atoms with E-state index in [4.69, 9.17) is 9.47 Å². The van der Waals surface area contributed by atoms with Gasteiger partial charge in [0.05, 0.1) is 38.4 Å². The Kier molecular flexibility index (Phi) is 8.55. The third kappa shape index (κ3) is 6.71. The fourth-order valence-corrected chi connectivity index (χ4v) is 3.67. The Balaban J connectivity index is 1.68. The molecule has 2 rings (SSSR count). The molecule has 1 aromatic rings. The first-order valence-corrected chi connectivity index (χ1v) is 9.51. The predicted molar refractivity (Wildman–Crippen MR) is 99.6 cm³/mol. The molecule has 1 saturated heterocycles. The lowest BCUT2D eigenvalue weighted by atomic mass is 9.90. The van der Waals surface area contributed by atoms with Crippen LogP contribution >= 0.6 is 0 Å². The number of hydrogen-bond acceptors (Lipinski definition) is 5. The van der Waals surface area contributed by atoms with Gasteiger partial charge in [0.25, 0.3) is 0 Å². The van der Waals surface area contributed by atoms with Crippen LogP contribution < -0.4 is 0 Å². The summed E-state index contributed by atoms with van der Waals surface area (Å²) < 4.78 is 16.6. The summed E-state index contributed by atoms with van der Waals surface area (Å²) in [6.45, 7) is 5.73. The summed E-state index contributed by atoms with van der Waals surface area (Å²) in [6.07, 6.45) is 1.83. The molecule has 0 radical (unpaired) electrons. The van der Waals surface area contributed by atoms with Crippen molar-refractivity contribution in [2.45, 2.75) is 64.4 Å². The van der Waals surface area contributed by atoms with Crippen LogP contribution in [0.2, 0.25) is 0 Å². The monoisotopic (exact) mass is 364 g/mol. The molecular formula is C21H32O5. The molecule has 1 aliphatic rings. The lowest BCUT2D eigenvalue weighted by molar-refractivity contribution is -0.143. The van der Waals surface area contributed by atoms with Gasteiger partial charge in [0.1, 0.15) is 0 Å². The van der Waals surface area contributed by atoms with E-state index in [9.17, 15) is 9.90 Å². The average molecular weight is 364 g/mol. The molecule has 0 saturated carbocycles. The van der Waals surface area contributed by atoms with E-state index in [0.717, 1.165) is 12.8 Å². The summed E-state index contributed by atoms with van der Waals surface area (Å²) in [6, 6.07) is 10.2. The first-order chi connectivity index (χ1) is 12.5. The highest BCUT2D eigenvalue weighted by atomic mass is 16.5. The largest absolute Gasteiger partial charge is 0.469 e. The zero-order chi connectivity index (χ0) is 18.9. The zero-order valence-corrected chi connectivity index (χ0v) is 16.1. The number of carbonyl (C=O) groups excluding carboxylic acids is 1. The summed E-state index contributed by atoms with van der Waals surface area (Å²) in [7, 11) is 1.33. The first kappa shape index (κ1) is 20.9. The van der Waals surface area contributed by atoms with Crippen LogP contribution in [0, 0.1) is 11.8 Å². The fraction of sp³-hybridized carbons (Fsp3) is 0.667. The summed E-state index contributed by atoms with van der Waals surface area (Å²) in [5.41, 5.74) is 1.19. The van der Waals surface area contributed by atoms with Crippen LogP contribution in [-0.2, 0) is 25.6 Å². The van der Waals surface area contributed by atoms with Gasteiger partial charge in [-0.15, -0.1) is 0 Å². The SMILES string of the molecule is COC(=O)C[C@H](O)C[C@@H]1C[C@@H](C)[C@@H]([C@@H](C)CCOCc2ccccc2)O1. The topological polar surface area (TPSA) is 65.0 Å². The molecule has 1 fully saturated rings. The summed E-state index contributed by atoms with van der Waals surface area (Å²) >= 11 is 0. The highest BCUT2D eigenvalue weighted by molar-refractivity contribution is 5.69. The van der Waals surface area contributed by atoms with Crippen molar-refractivity contribution >= 4 is 5.97 Å². The molecule has 146 valence electrons. The third-order valence-corrected chi connectivity index (χ3v) is 5.10. The van der Waals surface area contributed by atoms with E-state index < -0.39 is 6.10 Å². The van der Waals surface area contributed by atoms with Crippen LogP contribution in [0.5, 0.6) is 0 Å². The minimum atomic E-state index is -0.706. The number of rotatable bonds is 10. The normalized spacial score (nSPS) is 25.0. The number of methoxy groups -OCH3 is 1. The number of carbonyl (C=O) groups is 1. The van der Waals surface area contributed by atoms with Crippen LogP contribution in [0.15, 0.2) is 30.3 Å². The maximum Gasteiger partial charge on any atom is 0.308 e. The molecule has 0 aromatic heterocycles. The van der Waals surface area contributed by atoms with Crippen molar-refractivity contribution in [3.05, 3.63) is 35.9 Å². The van der Waals surface area contributed by atoms with Gasteiger partial charge in [-0.1, -0.05) is 44.2 Å². The zero-order valence-electron chi connectivity index (χ0n) is 16.1. The highest BCUT2D eigenvalue weighted by Gasteiger charge is 2.36. The van der Waals surface area contributed by atoms with Gasteiger partial charge in [-0.25, -0.2) is 0 Å². The summed E-state index contributed by atoms with van der Waals surface area (Å²) in [5.74, 6) is 0.446. The van der Waals surface area contributed by atoms with Gasteiger partial charge < -0.3 is 19.3 Å². The van der Waals surface area contributed by atoms with E-state index >= 15 is 0 Å². The number of aliphatic hydroxyl groups excluding tert-OH is 1. The molecular weight excluding hydrogens is 332 g/mol. The van der Waals surface area contributed by atoms with Crippen molar-refractivity contribution in [1.82, 2.24) is 0 Å². The Morgan fingerprint density at radius 3 is 2.77 bits per heavy atom. The second-order valence-corrected chi connectivity index (χ2v) is 7.41. The standard InChI is InChI=1S/C21H32O5/c1-15(9-10-25-14-17-7-5-4-6-8-17)21-16(2)11-19(26-21)12-18(22)13-20(23)24-3/h4-8,15-16,18-19,21-22H,9-14H2,1-3H3/t15-,16+,18+,19-,21+/m0/s1. The Labute approximate surface area is 156 Å². The Bertz CT molecular complexity index is 532. The molecule has 0 bridgehead atoms. The van der Waals surface area contributed by atoms with Crippen molar-refractivity contribution in [3.63, 3.8) is 0 Å². The van der Waals surface area contributed by atoms with Gasteiger partial charge in [0.15, 0.2) is 0 Å². The Morgan fingerprint density at radius 1 is 1.35 bits per heavy atom. The number of benzene rings is 1. The third-order valence-electron chi connectivity index (χ3n) is 5.10. The van der Waals surface area contributed by atoms with Gasteiger partial charge in [-0.05, 0) is 30.2 Å². The molecule has 0 unspecified atom stereocenters. The lowest BCUT2D eigenvalue weighted by Crippen LogP contribution is -2.26. The maximum atomic E-state index is 11.2. The van der Waals surface area contributed by atoms with E-state index in [1.54, 1.807) is 0 Å². The molecule has 0 amide bonds. The molecule has 1 N–H and O–H groups in total. The summed E-state index contributed by atoms with van der Waals surface area (Å²) in [4.78, 5) is 11.2. The van der Waals surface area contributed by atoms with Gasteiger partial charge >= 0.3 is 5.97 Å². The van der Waals surface area contributed by atoms with Crippen molar-refractivity contribution in [2.24, 2.45) is 11.8 Å². The van der Waals surface area contributed by atoms with Gasteiger partial charge in [-0.3, -0.25) is 4.79 Å². The van der Waals surface area contributed by atoms with Crippen LogP contribution in [0.1, 0.15) is 45.1 Å². The van der Waals surface area contributed by atoms with Crippen LogP contribution in [0.3, 0.4) is 0 Å². The molecule has 1 aliphatic heterocycles. The van der Waals surface area contributed by atoms with Crippen molar-refractivity contribution in [1.29, 1.82) is 0 Å². The van der Waals surface area contributed by atoms with Crippen LogP contribution in [0.4, 0.5) is 0 Å². The number of ether oxygens (including phenoxy) is 3. The molecule has 0 aliphatic carbocycles. The second kappa shape index (κ2) is 10.7. The molecule has 5 nitrogen and oxygen atoms in total. The first-order valence-electron chi connectivity index (χ1n) is 9.51. The smallest absolute Gasteiger partial charge is 0.308 e. The van der Waals surface area contributed by atoms with E-state index in [1.807, 2.05) is 18.2 Å². The number of aliphatic hydroxyl groups is 1. The molecule has 1 aromatic carbocycles. The Morgan fingerprint density at radius 2 is 2.08 bits per heavy atom. The maximum absolute atomic E-state index is 11.2. The molecule has 1 heterocycles. The second-order valence-electron chi connectivity index (χ2n) is 7.41. The van der Waals surface area contributed by atoms with Gasteiger partial charge in [-0.2, -0.15) is 0 Å². The molecule has 26 heavy (non-hydrogen) atoms. The molecule has 5 atom stereocenters. The van der Waals surface area contributed by atoms with Crippen molar-refractivity contribution in [2.75, 3.05) is 13.7 Å². The average Bonchev–Trinajstić information content (AvgIpc) is 2.99. The predicted octanol–water partition coefficient (Wildman–Crippen LogP) is 3.34. The molecule has 0 spiro atoms. The number of esters is 1. The van der Waals surface area contributed by atoms with E-state index in [2.05, 4.69) is 30.7 Å². The van der Waals surface area contributed by atoms with Crippen LogP contribution in [-0.4, -0.2) is 43.1 Å². The van der Waals surface area contributed by atoms with Gasteiger partial charge in [0, 0.05) is 13.0 Å². The van der Waals surface area contributed by atoms with Crippen molar-refractivity contribution < 1.29 is 24.1 Å². The number of hydrogen-bond donors (Lipinski definition) is 1.